The minimum atomic E-state index is -0.126. The standard InChI is InChI=1S/C23H20N2O2/c26-23(15-9-11-25(27)12-10-15)24-14-16-13-21-17-5-1-3-7-19(17)22(16)20-8-4-2-6-18(20)21/h1-12,16,21-22H,13-14H2,(H,24,26). The third-order valence-corrected chi connectivity index (χ3v) is 6.01. The summed E-state index contributed by atoms with van der Waals surface area (Å²) in [6.07, 6.45) is 3.75. The number of pyridine rings is 1. The number of nitrogens with zero attached hydrogens (tertiary/aromatic N) is 1. The van der Waals surface area contributed by atoms with Crippen LogP contribution in [0.25, 0.3) is 0 Å². The highest BCUT2D eigenvalue weighted by Gasteiger charge is 2.42. The molecule has 0 fully saturated rings. The minimum Gasteiger partial charge on any atom is -0.619 e. The van der Waals surface area contributed by atoms with E-state index >= 15 is 0 Å². The quantitative estimate of drug-likeness (QED) is 0.578. The van der Waals surface area contributed by atoms with Crippen LogP contribution in [0, 0.1) is 11.1 Å². The summed E-state index contributed by atoms with van der Waals surface area (Å²) in [5.74, 6) is 0.971. The molecule has 4 nitrogen and oxygen atoms in total. The summed E-state index contributed by atoms with van der Waals surface area (Å²) in [4.78, 5) is 12.5. The van der Waals surface area contributed by atoms with Gasteiger partial charge in [0.25, 0.3) is 5.91 Å². The van der Waals surface area contributed by atoms with Crippen LogP contribution in [-0.4, -0.2) is 12.5 Å². The second-order valence-corrected chi connectivity index (χ2v) is 7.44. The fourth-order valence-electron chi connectivity index (χ4n) is 4.85. The number of hydrogen-bond donors (Lipinski definition) is 1. The Labute approximate surface area is 158 Å². The lowest BCUT2D eigenvalue weighted by molar-refractivity contribution is -0.605. The average molecular weight is 356 g/mol. The van der Waals surface area contributed by atoms with Crippen LogP contribution >= 0.6 is 0 Å². The lowest BCUT2D eigenvalue weighted by Crippen LogP contribution is -2.39. The van der Waals surface area contributed by atoms with Crippen molar-refractivity contribution in [3.63, 3.8) is 0 Å². The van der Waals surface area contributed by atoms with Crippen LogP contribution in [0.5, 0.6) is 0 Å². The Balaban J connectivity index is 1.42. The molecule has 1 N–H and O–H groups in total. The van der Waals surface area contributed by atoms with Crippen molar-refractivity contribution in [1.82, 2.24) is 5.32 Å². The normalized spacial score (nSPS) is 22.0. The lowest BCUT2D eigenvalue weighted by Gasteiger charge is -2.45. The number of benzene rings is 2. The van der Waals surface area contributed by atoms with Crippen molar-refractivity contribution < 1.29 is 9.52 Å². The van der Waals surface area contributed by atoms with Crippen LogP contribution in [0.4, 0.5) is 0 Å². The van der Waals surface area contributed by atoms with E-state index in [0.29, 0.717) is 34.6 Å². The SMILES string of the molecule is O=C(NCC1CC2c3ccccc3C1c1ccccc12)c1cc[n+]([O-])cc1. The highest BCUT2D eigenvalue weighted by molar-refractivity contribution is 5.93. The summed E-state index contributed by atoms with van der Waals surface area (Å²) >= 11 is 0. The fourth-order valence-corrected chi connectivity index (χ4v) is 4.85. The Hall–Kier alpha value is -3.14. The molecule has 3 aliphatic carbocycles. The summed E-state index contributed by atoms with van der Waals surface area (Å²) in [7, 11) is 0. The maximum absolute atomic E-state index is 12.5. The van der Waals surface area contributed by atoms with E-state index in [0.717, 1.165) is 6.42 Å². The zero-order valence-corrected chi connectivity index (χ0v) is 14.8. The van der Waals surface area contributed by atoms with Gasteiger partial charge in [-0.25, -0.2) is 0 Å². The van der Waals surface area contributed by atoms with Crippen molar-refractivity contribution in [1.29, 1.82) is 0 Å². The summed E-state index contributed by atoms with van der Waals surface area (Å²) < 4.78 is 0.685. The van der Waals surface area contributed by atoms with Gasteiger partial charge in [-0.1, -0.05) is 48.5 Å². The molecule has 2 aromatic carbocycles. The molecule has 0 aliphatic heterocycles. The van der Waals surface area contributed by atoms with E-state index in [1.165, 1.54) is 34.6 Å². The summed E-state index contributed by atoms with van der Waals surface area (Å²) in [5.41, 5.74) is 6.19. The smallest absolute Gasteiger partial charge is 0.251 e. The minimum absolute atomic E-state index is 0.126. The number of hydrogen-bond acceptors (Lipinski definition) is 2. The zero-order valence-electron chi connectivity index (χ0n) is 14.8. The van der Waals surface area contributed by atoms with Crippen molar-refractivity contribution >= 4 is 5.91 Å². The molecule has 2 bridgehead atoms. The Morgan fingerprint density at radius 2 is 1.48 bits per heavy atom. The van der Waals surface area contributed by atoms with Gasteiger partial charge in [0.2, 0.25) is 0 Å². The van der Waals surface area contributed by atoms with Gasteiger partial charge in [-0.15, -0.1) is 0 Å². The van der Waals surface area contributed by atoms with Gasteiger partial charge in [0, 0.05) is 30.5 Å². The number of rotatable bonds is 3. The number of fused-ring (bicyclic) bond motifs is 1. The molecular weight excluding hydrogens is 336 g/mol. The predicted molar refractivity (Wildman–Crippen MR) is 102 cm³/mol. The molecule has 1 amide bonds. The van der Waals surface area contributed by atoms with Gasteiger partial charge in [-0.2, -0.15) is 4.73 Å². The van der Waals surface area contributed by atoms with Gasteiger partial charge in [0.1, 0.15) is 0 Å². The summed E-state index contributed by atoms with van der Waals surface area (Å²) in [5, 5.41) is 14.2. The van der Waals surface area contributed by atoms with Crippen LogP contribution in [-0.2, 0) is 0 Å². The molecule has 27 heavy (non-hydrogen) atoms. The molecule has 3 aromatic rings. The molecule has 1 heterocycles. The van der Waals surface area contributed by atoms with Crippen molar-refractivity contribution in [3.8, 4) is 0 Å². The second-order valence-electron chi connectivity index (χ2n) is 7.44. The van der Waals surface area contributed by atoms with E-state index in [2.05, 4.69) is 53.8 Å². The fraction of sp³-hybridized carbons (Fsp3) is 0.217. The number of carbonyl (C=O) groups excluding carboxylic acids is 1. The van der Waals surface area contributed by atoms with Crippen molar-refractivity contribution in [2.75, 3.05) is 6.54 Å². The molecule has 6 rings (SSSR count). The lowest BCUT2D eigenvalue weighted by atomic mass is 9.59. The topological polar surface area (TPSA) is 56.0 Å². The Morgan fingerprint density at radius 3 is 2.07 bits per heavy atom. The largest absolute Gasteiger partial charge is 0.619 e. The van der Waals surface area contributed by atoms with Crippen molar-refractivity contribution in [3.05, 3.63) is 106 Å². The molecule has 4 heteroatoms. The monoisotopic (exact) mass is 356 g/mol. The summed E-state index contributed by atoms with van der Waals surface area (Å²) in [6, 6.07) is 20.6. The van der Waals surface area contributed by atoms with Crippen LogP contribution < -0.4 is 10.0 Å². The van der Waals surface area contributed by atoms with Gasteiger partial charge in [0.15, 0.2) is 12.4 Å². The Morgan fingerprint density at radius 1 is 0.926 bits per heavy atom. The van der Waals surface area contributed by atoms with Crippen molar-refractivity contribution in [2.24, 2.45) is 5.92 Å². The third-order valence-electron chi connectivity index (χ3n) is 6.01. The first-order valence-corrected chi connectivity index (χ1v) is 9.37. The molecule has 1 unspecified atom stereocenters. The van der Waals surface area contributed by atoms with Crippen LogP contribution in [0.15, 0.2) is 73.1 Å². The Kier molecular flexibility index (Phi) is 3.71. The van der Waals surface area contributed by atoms with E-state index in [9.17, 15) is 10.0 Å². The van der Waals surface area contributed by atoms with Gasteiger partial charge < -0.3 is 10.5 Å². The molecule has 1 atom stereocenters. The first-order chi connectivity index (χ1) is 13.2. The van der Waals surface area contributed by atoms with E-state index in [1.54, 1.807) is 12.1 Å². The second kappa shape index (κ2) is 6.23. The average Bonchev–Trinajstić information content (AvgIpc) is 2.72. The number of aromatic nitrogens is 1. The zero-order chi connectivity index (χ0) is 18.4. The highest BCUT2D eigenvalue weighted by Crippen LogP contribution is 2.55. The number of carbonyl (C=O) groups is 1. The first kappa shape index (κ1) is 16.1. The van der Waals surface area contributed by atoms with Gasteiger partial charge in [-0.3, -0.25) is 4.79 Å². The molecule has 0 saturated heterocycles. The molecule has 0 saturated carbocycles. The maximum atomic E-state index is 12.5. The van der Waals surface area contributed by atoms with Crippen LogP contribution in [0.1, 0.15) is 50.9 Å². The number of amides is 1. The number of nitrogens with one attached hydrogen (secondary N) is 1. The van der Waals surface area contributed by atoms with Gasteiger partial charge in [-0.05, 0) is 34.6 Å². The van der Waals surface area contributed by atoms with Crippen molar-refractivity contribution in [2.45, 2.75) is 18.3 Å². The van der Waals surface area contributed by atoms with Crippen LogP contribution in [0.3, 0.4) is 0 Å². The van der Waals surface area contributed by atoms with E-state index < -0.39 is 0 Å². The first-order valence-electron chi connectivity index (χ1n) is 9.37. The molecule has 0 radical (unpaired) electrons. The molecular formula is C23H20N2O2. The maximum Gasteiger partial charge on any atom is 0.251 e. The Bertz CT molecular complexity index is 965. The van der Waals surface area contributed by atoms with E-state index in [4.69, 9.17) is 0 Å². The molecule has 3 aliphatic rings. The highest BCUT2D eigenvalue weighted by atomic mass is 16.5. The summed E-state index contributed by atoms with van der Waals surface area (Å²) in [6.45, 7) is 0.634. The van der Waals surface area contributed by atoms with Gasteiger partial charge in [0.05, 0.1) is 5.56 Å². The van der Waals surface area contributed by atoms with Crippen LogP contribution in [0.2, 0.25) is 0 Å². The molecule has 0 spiro atoms. The molecule has 1 aromatic heterocycles. The molecule has 134 valence electrons. The van der Waals surface area contributed by atoms with Gasteiger partial charge >= 0.3 is 0 Å². The van der Waals surface area contributed by atoms with E-state index in [1.807, 2.05) is 0 Å². The third kappa shape index (κ3) is 2.60. The predicted octanol–water partition coefficient (Wildman–Crippen LogP) is 3.35. The van der Waals surface area contributed by atoms with E-state index in [-0.39, 0.29) is 5.91 Å².